The van der Waals surface area contributed by atoms with Crippen molar-refractivity contribution in [2.24, 2.45) is 0 Å². The number of ether oxygens (including phenoxy) is 1. The first-order valence-corrected chi connectivity index (χ1v) is 5.76. The first kappa shape index (κ1) is 12.6. The number of benzene rings is 1. The SMILES string of the molecule is COC(=O)CS(=O)(=O)c1cc(F)ccc1F. The zero-order valence-corrected chi connectivity index (χ0v) is 9.05. The smallest absolute Gasteiger partial charge is 0.321 e. The molecule has 0 N–H and O–H groups in total. The van der Waals surface area contributed by atoms with Gasteiger partial charge in [-0.05, 0) is 18.2 Å². The maximum absolute atomic E-state index is 13.1. The Morgan fingerprint density at radius 1 is 1.38 bits per heavy atom. The van der Waals surface area contributed by atoms with E-state index in [4.69, 9.17) is 0 Å². The molecule has 0 unspecified atom stereocenters. The molecule has 4 nitrogen and oxygen atoms in total. The summed E-state index contributed by atoms with van der Waals surface area (Å²) >= 11 is 0. The summed E-state index contributed by atoms with van der Waals surface area (Å²) in [5, 5.41) is 0. The molecule has 0 aromatic heterocycles. The van der Waals surface area contributed by atoms with Gasteiger partial charge in [0, 0.05) is 0 Å². The molecule has 0 bridgehead atoms. The molecule has 0 atom stereocenters. The fourth-order valence-corrected chi connectivity index (χ4v) is 2.25. The Labute approximate surface area is 90.8 Å². The van der Waals surface area contributed by atoms with Crippen LogP contribution < -0.4 is 0 Å². The molecule has 0 heterocycles. The van der Waals surface area contributed by atoms with Crippen LogP contribution in [0.15, 0.2) is 23.1 Å². The van der Waals surface area contributed by atoms with Gasteiger partial charge in [-0.1, -0.05) is 0 Å². The van der Waals surface area contributed by atoms with Crippen molar-refractivity contribution in [3.05, 3.63) is 29.8 Å². The van der Waals surface area contributed by atoms with Crippen LogP contribution in [-0.4, -0.2) is 27.2 Å². The lowest BCUT2D eigenvalue weighted by molar-refractivity contribution is -0.137. The second-order valence-corrected chi connectivity index (χ2v) is 4.87. The maximum atomic E-state index is 13.1. The maximum Gasteiger partial charge on any atom is 0.321 e. The van der Waals surface area contributed by atoms with Gasteiger partial charge in [-0.25, -0.2) is 17.2 Å². The first-order valence-electron chi connectivity index (χ1n) is 4.11. The number of hydrogen-bond donors (Lipinski definition) is 0. The van der Waals surface area contributed by atoms with Gasteiger partial charge in [0.2, 0.25) is 0 Å². The topological polar surface area (TPSA) is 60.4 Å². The molecule has 0 spiro atoms. The van der Waals surface area contributed by atoms with Gasteiger partial charge >= 0.3 is 5.97 Å². The molecule has 0 saturated carbocycles. The summed E-state index contributed by atoms with van der Waals surface area (Å²) in [5.74, 6) is -4.07. The van der Waals surface area contributed by atoms with Gasteiger partial charge in [-0.15, -0.1) is 0 Å². The highest BCUT2D eigenvalue weighted by Crippen LogP contribution is 2.17. The van der Waals surface area contributed by atoms with Crippen LogP contribution in [0.3, 0.4) is 0 Å². The standard InChI is InChI=1S/C9H8F2O4S/c1-15-9(12)5-16(13,14)8-4-6(10)2-3-7(8)11/h2-4H,5H2,1H3. The van der Waals surface area contributed by atoms with Crippen molar-refractivity contribution in [3.8, 4) is 0 Å². The molecule has 1 rings (SSSR count). The van der Waals surface area contributed by atoms with Gasteiger partial charge in [0.05, 0.1) is 7.11 Å². The van der Waals surface area contributed by atoms with Crippen molar-refractivity contribution in [1.29, 1.82) is 0 Å². The fraction of sp³-hybridized carbons (Fsp3) is 0.222. The second-order valence-electron chi connectivity index (χ2n) is 2.91. The van der Waals surface area contributed by atoms with E-state index >= 15 is 0 Å². The van der Waals surface area contributed by atoms with E-state index in [1.54, 1.807) is 0 Å². The van der Waals surface area contributed by atoms with Crippen LogP contribution in [0.5, 0.6) is 0 Å². The number of hydrogen-bond acceptors (Lipinski definition) is 4. The summed E-state index contributed by atoms with van der Waals surface area (Å²) in [5.41, 5.74) is 0. The molecule has 0 aliphatic heterocycles. The molecule has 7 heteroatoms. The summed E-state index contributed by atoms with van der Waals surface area (Å²) in [6, 6.07) is 1.99. The molecule has 1 aromatic carbocycles. The van der Waals surface area contributed by atoms with Crippen molar-refractivity contribution in [1.82, 2.24) is 0 Å². The molecule has 1 aromatic rings. The number of carbonyl (C=O) groups excluding carboxylic acids is 1. The van der Waals surface area contributed by atoms with Crippen molar-refractivity contribution >= 4 is 15.8 Å². The molecule has 0 radical (unpaired) electrons. The van der Waals surface area contributed by atoms with Crippen molar-refractivity contribution < 1.29 is 26.7 Å². The number of carbonyl (C=O) groups is 1. The van der Waals surface area contributed by atoms with Crippen molar-refractivity contribution in [3.63, 3.8) is 0 Å². The zero-order valence-electron chi connectivity index (χ0n) is 8.24. The van der Waals surface area contributed by atoms with Gasteiger partial charge in [0.1, 0.15) is 16.5 Å². The van der Waals surface area contributed by atoms with Gasteiger partial charge < -0.3 is 4.74 Å². The molecule has 0 fully saturated rings. The van der Waals surface area contributed by atoms with E-state index in [1.807, 2.05) is 0 Å². The lowest BCUT2D eigenvalue weighted by atomic mass is 10.3. The minimum atomic E-state index is -4.21. The number of methoxy groups -OCH3 is 1. The quantitative estimate of drug-likeness (QED) is 0.748. The Hall–Kier alpha value is -1.50. The van der Waals surface area contributed by atoms with Gasteiger partial charge in [-0.2, -0.15) is 0 Å². The highest BCUT2D eigenvalue weighted by molar-refractivity contribution is 7.92. The van der Waals surface area contributed by atoms with Crippen LogP contribution in [-0.2, 0) is 19.4 Å². The van der Waals surface area contributed by atoms with E-state index in [0.29, 0.717) is 12.1 Å². The van der Waals surface area contributed by atoms with E-state index in [2.05, 4.69) is 4.74 Å². The van der Waals surface area contributed by atoms with E-state index < -0.39 is 38.1 Å². The minimum Gasteiger partial charge on any atom is -0.468 e. The summed E-state index contributed by atoms with van der Waals surface area (Å²) < 4.78 is 52.9. The average molecular weight is 250 g/mol. The molecule has 88 valence electrons. The van der Waals surface area contributed by atoms with Crippen LogP contribution in [0, 0.1) is 11.6 Å². The van der Waals surface area contributed by atoms with Gasteiger partial charge in [0.25, 0.3) is 0 Å². The molecular weight excluding hydrogens is 242 g/mol. The zero-order chi connectivity index (χ0) is 12.3. The first-order chi connectivity index (χ1) is 7.36. The molecular formula is C9H8F2O4S. The molecule has 0 saturated heterocycles. The molecule has 0 aliphatic carbocycles. The van der Waals surface area contributed by atoms with Crippen molar-refractivity contribution in [2.45, 2.75) is 4.90 Å². The lowest BCUT2D eigenvalue weighted by Gasteiger charge is -2.04. The van der Waals surface area contributed by atoms with E-state index in [0.717, 1.165) is 13.2 Å². The van der Waals surface area contributed by atoms with E-state index in [9.17, 15) is 22.0 Å². The van der Waals surface area contributed by atoms with Gasteiger partial charge in [0.15, 0.2) is 15.6 Å². The highest BCUT2D eigenvalue weighted by atomic mass is 32.2. The van der Waals surface area contributed by atoms with Crippen molar-refractivity contribution in [2.75, 3.05) is 12.9 Å². The monoisotopic (exact) mass is 250 g/mol. The molecule has 0 aliphatic rings. The highest BCUT2D eigenvalue weighted by Gasteiger charge is 2.23. The van der Waals surface area contributed by atoms with Crippen LogP contribution in [0.4, 0.5) is 8.78 Å². The average Bonchev–Trinajstić information content (AvgIpc) is 2.20. The van der Waals surface area contributed by atoms with Crippen LogP contribution in [0.25, 0.3) is 0 Å². The Balaban J connectivity index is 3.17. The second kappa shape index (κ2) is 4.56. The van der Waals surface area contributed by atoms with Crippen LogP contribution in [0.2, 0.25) is 0 Å². The van der Waals surface area contributed by atoms with E-state index in [1.165, 1.54) is 0 Å². The van der Waals surface area contributed by atoms with Gasteiger partial charge in [-0.3, -0.25) is 4.79 Å². The minimum absolute atomic E-state index is 0.521. The Bertz CT molecular complexity index is 510. The number of rotatable bonds is 3. The predicted molar refractivity (Wildman–Crippen MR) is 50.4 cm³/mol. The molecule has 0 amide bonds. The van der Waals surface area contributed by atoms with Crippen LogP contribution in [0.1, 0.15) is 0 Å². The summed E-state index contributed by atoms with van der Waals surface area (Å²) in [7, 11) is -3.21. The third-order valence-electron chi connectivity index (χ3n) is 1.76. The summed E-state index contributed by atoms with van der Waals surface area (Å²) in [6.07, 6.45) is 0. The number of esters is 1. The number of halogens is 2. The molecule has 16 heavy (non-hydrogen) atoms. The Morgan fingerprint density at radius 3 is 2.56 bits per heavy atom. The lowest BCUT2D eigenvalue weighted by Crippen LogP contribution is -2.18. The number of sulfone groups is 1. The Morgan fingerprint density at radius 2 is 2.00 bits per heavy atom. The van der Waals surface area contributed by atoms with E-state index in [-0.39, 0.29) is 0 Å². The summed E-state index contributed by atoms with van der Waals surface area (Å²) in [6.45, 7) is 0. The predicted octanol–water partition coefficient (Wildman–Crippen LogP) is 0.912. The Kier molecular flexibility index (Phi) is 3.58. The third-order valence-corrected chi connectivity index (χ3v) is 3.36. The fourth-order valence-electron chi connectivity index (χ4n) is 1.01. The normalized spacial score (nSPS) is 11.2. The summed E-state index contributed by atoms with van der Waals surface area (Å²) in [4.78, 5) is 9.93. The third kappa shape index (κ3) is 2.75. The largest absolute Gasteiger partial charge is 0.468 e. The van der Waals surface area contributed by atoms with Crippen LogP contribution >= 0.6 is 0 Å².